The number of hydrogen-bond donors (Lipinski definition) is 0. The van der Waals surface area contributed by atoms with E-state index in [0.717, 1.165) is 56.6 Å². The number of likely N-dealkylation sites (tertiary alicyclic amines) is 1. The highest BCUT2D eigenvalue weighted by Gasteiger charge is 2.37. The molecule has 3 fully saturated rings. The summed E-state index contributed by atoms with van der Waals surface area (Å²) in [5, 5.41) is 0.676. The van der Waals surface area contributed by atoms with E-state index in [0.29, 0.717) is 30.1 Å². The van der Waals surface area contributed by atoms with Gasteiger partial charge in [0.25, 0.3) is 0 Å². The molecule has 1 saturated carbocycles. The van der Waals surface area contributed by atoms with Crippen LogP contribution in [-0.2, 0) is 9.59 Å². The van der Waals surface area contributed by atoms with Gasteiger partial charge >= 0.3 is 0 Å². The van der Waals surface area contributed by atoms with Gasteiger partial charge < -0.3 is 9.80 Å². The number of amides is 2. The van der Waals surface area contributed by atoms with E-state index < -0.39 is 0 Å². The number of thioether (sulfide) groups is 1. The Morgan fingerprint density at radius 3 is 2.45 bits per heavy atom. The summed E-state index contributed by atoms with van der Waals surface area (Å²) in [6, 6.07) is 8.15. The lowest BCUT2D eigenvalue weighted by molar-refractivity contribution is -0.136. The summed E-state index contributed by atoms with van der Waals surface area (Å²) in [6.45, 7) is 5.37. The summed E-state index contributed by atoms with van der Waals surface area (Å²) in [5.41, 5.74) is 1.00. The number of rotatable bonds is 6. The number of piperidine rings is 1. The highest BCUT2D eigenvalue weighted by molar-refractivity contribution is 7.99. The summed E-state index contributed by atoms with van der Waals surface area (Å²) in [5.74, 6) is 1.90. The lowest BCUT2D eigenvalue weighted by atomic mass is 9.99. The monoisotopic (exact) mass is 435 g/mol. The van der Waals surface area contributed by atoms with Gasteiger partial charge in [0.2, 0.25) is 11.8 Å². The lowest BCUT2D eigenvalue weighted by Gasteiger charge is -2.33. The van der Waals surface area contributed by atoms with Crippen LogP contribution in [0.5, 0.6) is 0 Å². The smallest absolute Gasteiger partial charge is 0.237 e. The molecule has 1 aromatic carbocycles. The average Bonchev–Trinajstić information content (AvgIpc) is 3.45. The summed E-state index contributed by atoms with van der Waals surface area (Å²) >= 11 is 8.15. The maximum atomic E-state index is 13.2. The molecular formula is C22H30ClN3O2S. The Labute approximate surface area is 182 Å². The van der Waals surface area contributed by atoms with E-state index in [1.54, 1.807) is 11.8 Å². The minimum Gasteiger partial charge on any atom is -0.342 e. The molecule has 7 heteroatoms. The first-order valence-corrected chi connectivity index (χ1v) is 12.1. The van der Waals surface area contributed by atoms with Gasteiger partial charge in [0.05, 0.1) is 13.1 Å². The summed E-state index contributed by atoms with van der Waals surface area (Å²) in [7, 11) is 0. The molecular weight excluding hydrogens is 406 g/mol. The van der Waals surface area contributed by atoms with E-state index in [4.69, 9.17) is 11.6 Å². The van der Waals surface area contributed by atoms with Crippen molar-refractivity contribution in [2.24, 2.45) is 5.92 Å². The third-order valence-corrected chi connectivity index (χ3v) is 7.85. The topological polar surface area (TPSA) is 43.9 Å². The Bertz CT molecular complexity index is 749. The molecule has 1 aliphatic carbocycles. The van der Waals surface area contributed by atoms with Crippen LogP contribution in [0.3, 0.4) is 0 Å². The van der Waals surface area contributed by atoms with E-state index in [9.17, 15) is 9.59 Å². The molecule has 1 unspecified atom stereocenters. The standard InChI is InChI=1S/C22H30ClN3O2S/c1-16-8-10-24(11-9-16)20(27)14-25(17-6-7-17)15-21(28)26-12-13-29-22(26)18-4-2-3-5-19(18)23/h2-5,16-17,22H,6-15H2,1H3. The fraction of sp³-hybridized carbons (Fsp3) is 0.636. The van der Waals surface area contributed by atoms with Gasteiger partial charge in [-0.25, -0.2) is 0 Å². The van der Waals surface area contributed by atoms with Crippen LogP contribution < -0.4 is 0 Å². The molecule has 0 bridgehead atoms. The van der Waals surface area contributed by atoms with E-state index in [1.165, 1.54) is 0 Å². The molecule has 0 N–H and O–H groups in total. The van der Waals surface area contributed by atoms with Crippen molar-refractivity contribution in [3.05, 3.63) is 34.9 Å². The number of benzene rings is 1. The number of carbonyl (C=O) groups excluding carboxylic acids is 2. The summed E-state index contributed by atoms with van der Waals surface area (Å²) in [6.07, 6.45) is 4.33. The molecule has 1 aromatic rings. The normalized spacial score (nSPS) is 23.1. The van der Waals surface area contributed by atoms with Crippen LogP contribution in [0.25, 0.3) is 0 Å². The van der Waals surface area contributed by atoms with Gasteiger partial charge in [0.1, 0.15) is 5.37 Å². The van der Waals surface area contributed by atoms with Gasteiger partial charge in [0, 0.05) is 42.0 Å². The zero-order chi connectivity index (χ0) is 20.4. The van der Waals surface area contributed by atoms with Crippen molar-refractivity contribution in [3.63, 3.8) is 0 Å². The van der Waals surface area contributed by atoms with Crippen LogP contribution in [0.2, 0.25) is 5.02 Å². The number of hydrogen-bond acceptors (Lipinski definition) is 4. The Kier molecular flexibility index (Phi) is 6.72. The quantitative estimate of drug-likeness (QED) is 0.684. The van der Waals surface area contributed by atoms with Crippen LogP contribution in [0.15, 0.2) is 24.3 Å². The molecule has 0 spiro atoms. The number of nitrogens with zero attached hydrogens (tertiary/aromatic N) is 3. The molecule has 158 valence electrons. The largest absolute Gasteiger partial charge is 0.342 e. The third kappa shape index (κ3) is 5.09. The van der Waals surface area contributed by atoms with Gasteiger partial charge in [-0.2, -0.15) is 0 Å². The molecule has 0 radical (unpaired) electrons. The molecule has 1 atom stereocenters. The zero-order valence-corrected chi connectivity index (χ0v) is 18.6. The maximum absolute atomic E-state index is 13.2. The van der Waals surface area contributed by atoms with E-state index in [-0.39, 0.29) is 17.2 Å². The number of halogens is 1. The van der Waals surface area contributed by atoms with Crippen molar-refractivity contribution in [1.29, 1.82) is 0 Å². The Morgan fingerprint density at radius 2 is 1.76 bits per heavy atom. The predicted molar refractivity (Wildman–Crippen MR) is 118 cm³/mol. The first kappa shape index (κ1) is 21.0. The Morgan fingerprint density at radius 1 is 1.07 bits per heavy atom. The molecule has 29 heavy (non-hydrogen) atoms. The van der Waals surface area contributed by atoms with Crippen molar-refractivity contribution < 1.29 is 9.59 Å². The fourth-order valence-electron chi connectivity index (χ4n) is 4.21. The molecule has 3 aliphatic rings. The minimum atomic E-state index is -0.0310. The second-order valence-electron chi connectivity index (χ2n) is 8.53. The molecule has 2 amide bonds. The maximum Gasteiger partial charge on any atom is 0.237 e. The summed E-state index contributed by atoms with van der Waals surface area (Å²) < 4.78 is 0. The SMILES string of the molecule is CC1CCN(C(=O)CN(CC(=O)N2CCSC2c2ccccc2Cl)C2CC2)CC1. The van der Waals surface area contributed by atoms with Crippen LogP contribution in [0.1, 0.15) is 43.5 Å². The van der Waals surface area contributed by atoms with E-state index in [1.807, 2.05) is 34.1 Å². The second kappa shape index (κ2) is 9.27. The average molecular weight is 436 g/mol. The van der Waals surface area contributed by atoms with Crippen molar-refractivity contribution in [1.82, 2.24) is 14.7 Å². The zero-order valence-electron chi connectivity index (χ0n) is 17.1. The Balaban J connectivity index is 1.38. The Hall–Kier alpha value is -1.24. The van der Waals surface area contributed by atoms with Crippen LogP contribution in [0, 0.1) is 5.92 Å². The van der Waals surface area contributed by atoms with Crippen molar-refractivity contribution >= 4 is 35.2 Å². The van der Waals surface area contributed by atoms with Gasteiger partial charge in [0.15, 0.2) is 0 Å². The first-order valence-electron chi connectivity index (χ1n) is 10.7. The van der Waals surface area contributed by atoms with E-state index in [2.05, 4.69) is 11.8 Å². The van der Waals surface area contributed by atoms with Crippen molar-refractivity contribution in [2.45, 2.75) is 44.0 Å². The van der Waals surface area contributed by atoms with E-state index >= 15 is 0 Å². The minimum absolute atomic E-state index is 0.0310. The molecule has 2 heterocycles. The van der Waals surface area contributed by atoms with Gasteiger partial charge in [-0.05, 0) is 37.7 Å². The molecule has 0 aromatic heterocycles. The van der Waals surface area contributed by atoms with Crippen molar-refractivity contribution in [2.75, 3.05) is 38.5 Å². The molecule has 2 aliphatic heterocycles. The lowest BCUT2D eigenvalue weighted by Crippen LogP contribution is -2.47. The van der Waals surface area contributed by atoms with Crippen LogP contribution >= 0.6 is 23.4 Å². The fourth-order valence-corrected chi connectivity index (χ4v) is 5.83. The molecule has 5 nitrogen and oxygen atoms in total. The van der Waals surface area contributed by atoms with Gasteiger partial charge in [-0.3, -0.25) is 14.5 Å². The van der Waals surface area contributed by atoms with Crippen molar-refractivity contribution in [3.8, 4) is 0 Å². The second-order valence-corrected chi connectivity index (χ2v) is 10.1. The number of carbonyl (C=O) groups is 2. The van der Waals surface area contributed by atoms with Crippen LogP contribution in [0.4, 0.5) is 0 Å². The first-order chi connectivity index (χ1) is 14.0. The summed E-state index contributed by atoms with van der Waals surface area (Å²) in [4.78, 5) is 32.0. The molecule has 4 rings (SSSR count). The van der Waals surface area contributed by atoms with Gasteiger partial charge in [-0.15, -0.1) is 11.8 Å². The molecule has 2 saturated heterocycles. The van der Waals surface area contributed by atoms with Gasteiger partial charge in [-0.1, -0.05) is 36.7 Å². The third-order valence-electron chi connectivity index (χ3n) is 6.26. The highest BCUT2D eigenvalue weighted by atomic mass is 35.5. The predicted octanol–water partition coefficient (Wildman–Crippen LogP) is 3.64. The highest BCUT2D eigenvalue weighted by Crippen LogP contribution is 2.41. The van der Waals surface area contributed by atoms with Crippen LogP contribution in [-0.4, -0.2) is 71.0 Å².